The molecule has 3 rings (SSSR count). The SMILES string of the molecule is O=C(NCc1ccccc1)N1CCCN(C(=O)c2cc[nH]c2)CC1. The minimum Gasteiger partial charge on any atom is -0.367 e. The second-order valence-electron chi connectivity index (χ2n) is 5.88. The van der Waals surface area contributed by atoms with Crippen molar-refractivity contribution in [1.82, 2.24) is 20.1 Å². The minimum atomic E-state index is -0.0743. The monoisotopic (exact) mass is 326 g/mol. The van der Waals surface area contributed by atoms with Crippen LogP contribution < -0.4 is 5.32 Å². The fraction of sp³-hybridized carbons (Fsp3) is 0.333. The zero-order chi connectivity index (χ0) is 16.8. The summed E-state index contributed by atoms with van der Waals surface area (Å²) >= 11 is 0. The number of benzene rings is 1. The van der Waals surface area contributed by atoms with Gasteiger partial charge in [0, 0.05) is 45.1 Å². The van der Waals surface area contributed by atoms with E-state index < -0.39 is 0 Å². The first-order chi connectivity index (χ1) is 11.7. The number of carbonyl (C=O) groups excluding carboxylic acids is 2. The van der Waals surface area contributed by atoms with Gasteiger partial charge < -0.3 is 20.1 Å². The van der Waals surface area contributed by atoms with Crippen LogP contribution in [-0.2, 0) is 6.54 Å². The van der Waals surface area contributed by atoms with Gasteiger partial charge in [-0.2, -0.15) is 0 Å². The molecule has 1 aromatic heterocycles. The molecule has 1 fully saturated rings. The Balaban J connectivity index is 1.51. The molecule has 0 atom stereocenters. The lowest BCUT2D eigenvalue weighted by Crippen LogP contribution is -2.42. The largest absolute Gasteiger partial charge is 0.367 e. The van der Waals surface area contributed by atoms with E-state index in [1.807, 2.05) is 35.2 Å². The van der Waals surface area contributed by atoms with Gasteiger partial charge in [-0.15, -0.1) is 0 Å². The summed E-state index contributed by atoms with van der Waals surface area (Å²) in [6, 6.07) is 11.5. The van der Waals surface area contributed by atoms with E-state index >= 15 is 0 Å². The van der Waals surface area contributed by atoms with Gasteiger partial charge in [0.25, 0.3) is 5.91 Å². The third-order valence-corrected chi connectivity index (χ3v) is 4.20. The van der Waals surface area contributed by atoms with E-state index in [4.69, 9.17) is 0 Å². The summed E-state index contributed by atoms with van der Waals surface area (Å²) in [6.45, 7) is 2.96. The molecule has 6 nitrogen and oxygen atoms in total. The molecule has 1 saturated heterocycles. The average molecular weight is 326 g/mol. The predicted molar refractivity (Wildman–Crippen MR) is 91.6 cm³/mol. The van der Waals surface area contributed by atoms with Crippen LogP contribution in [0.1, 0.15) is 22.3 Å². The second-order valence-corrected chi connectivity index (χ2v) is 5.88. The number of H-pyrrole nitrogens is 1. The molecule has 0 spiro atoms. The van der Waals surface area contributed by atoms with Crippen molar-refractivity contribution in [2.75, 3.05) is 26.2 Å². The van der Waals surface area contributed by atoms with Crippen molar-refractivity contribution in [3.8, 4) is 0 Å². The Morgan fingerprint density at radius 2 is 1.75 bits per heavy atom. The molecule has 1 aliphatic heterocycles. The van der Waals surface area contributed by atoms with Crippen molar-refractivity contribution in [2.45, 2.75) is 13.0 Å². The fourth-order valence-electron chi connectivity index (χ4n) is 2.85. The van der Waals surface area contributed by atoms with E-state index in [0.717, 1.165) is 12.0 Å². The number of amides is 3. The third kappa shape index (κ3) is 3.95. The molecule has 0 aliphatic carbocycles. The van der Waals surface area contributed by atoms with E-state index in [0.29, 0.717) is 38.3 Å². The molecule has 2 N–H and O–H groups in total. The minimum absolute atomic E-state index is 0.0165. The Morgan fingerprint density at radius 1 is 1.00 bits per heavy atom. The van der Waals surface area contributed by atoms with Gasteiger partial charge in [0.1, 0.15) is 0 Å². The van der Waals surface area contributed by atoms with Crippen LogP contribution in [0.15, 0.2) is 48.8 Å². The van der Waals surface area contributed by atoms with Crippen LogP contribution in [0.25, 0.3) is 0 Å². The van der Waals surface area contributed by atoms with E-state index in [1.54, 1.807) is 23.4 Å². The van der Waals surface area contributed by atoms with Gasteiger partial charge in [0.15, 0.2) is 0 Å². The number of nitrogens with zero attached hydrogens (tertiary/aromatic N) is 2. The summed E-state index contributed by atoms with van der Waals surface area (Å²) in [6.07, 6.45) is 4.24. The van der Waals surface area contributed by atoms with Crippen molar-refractivity contribution >= 4 is 11.9 Å². The standard InChI is InChI=1S/C18H22N4O2/c23-17(16-7-8-19-14-16)21-9-4-10-22(12-11-21)18(24)20-13-15-5-2-1-3-6-15/h1-3,5-8,14,19H,4,9-13H2,(H,20,24). The molecule has 1 aromatic carbocycles. The number of aromatic nitrogens is 1. The predicted octanol–water partition coefficient (Wildman–Crippen LogP) is 2.07. The van der Waals surface area contributed by atoms with Crippen molar-refractivity contribution < 1.29 is 9.59 Å². The molecule has 0 saturated carbocycles. The number of rotatable bonds is 3. The van der Waals surface area contributed by atoms with Crippen LogP contribution in [-0.4, -0.2) is 52.9 Å². The van der Waals surface area contributed by atoms with E-state index in [2.05, 4.69) is 10.3 Å². The zero-order valence-corrected chi connectivity index (χ0v) is 13.6. The maximum absolute atomic E-state index is 12.4. The molecular weight excluding hydrogens is 304 g/mol. The van der Waals surface area contributed by atoms with Crippen LogP contribution >= 0.6 is 0 Å². The van der Waals surface area contributed by atoms with Crippen LogP contribution in [0.4, 0.5) is 4.79 Å². The normalized spacial score (nSPS) is 15.0. The van der Waals surface area contributed by atoms with Gasteiger partial charge in [0.2, 0.25) is 0 Å². The van der Waals surface area contributed by atoms with Crippen LogP contribution in [0.2, 0.25) is 0 Å². The fourth-order valence-corrected chi connectivity index (χ4v) is 2.85. The molecule has 2 aromatic rings. The molecule has 6 heteroatoms. The number of urea groups is 1. The summed E-state index contributed by atoms with van der Waals surface area (Å²) in [4.78, 5) is 31.2. The molecule has 0 radical (unpaired) electrons. The Hall–Kier alpha value is -2.76. The third-order valence-electron chi connectivity index (χ3n) is 4.20. The molecule has 2 heterocycles. The molecular formula is C18H22N4O2. The number of aromatic amines is 1. The summed E-state index contributed by atoms with van der Waals surface area (Å²) < 4.78 is 0. The first kappa shape index (κ1) is 16.1. The van der Waals surface area contributed by atoms with Crippen molar-refractivity contribution in [3.05, 3.63) is 59.9 Å². The highest BCUT2D eigenvalue weighted by Crippen LogP contribution is 2.09. The van der Waals surface area contributed by atoms with Crippen LogP contribution in [0.5, 0.6) is 0 Å². The highest BCUT2D eigenvalue weighted by Gasteiger charge is 2.22. The van der Waals surface area contributed by atoms with Crippen molar-refractivity contribution in [2.24, 2.45) is 0 Å². The molecule has 126 valence electrons. The highest BCUT2D eigenvalue weighted by atomic mass is 16.2. The summed E-state index contributed by atoms with van der Waals surface area (Å²) in [7, 11) is 0. The maximum Gasteiger partial charge on any atom is 0.317 e. The lowest BCUT2D eigenvalue weighted by molar-refractivity contribution is 0.0762. The van der Waals surface area contributed by atoms with E-state index in [1.165, 1.54) is 0 Å². The lowest BCUT2D eigenvalue weighted by Gasteiger charge is -2.22. The molecule has 24 heavy (non-hydrogen) atoms. The number of hydrogen-bond acceptors (Lipinski definition) is 2. The van der Waals surface area contributed by atoms with Crippen molar-refractivity contribution in [1.29, 1.82) is 0 Å². The van der Waals surface area contributed by atoms with E-state index in [-0.39, 0.29) is 11.9 Å². The number of nitrogens with one attached hydrogen (secondary N) is 2. The average Bonchev–Trinajstić information content (AvgIpc) is 3.04. The van der Waals surface area contributed by atoms with E-state index in [9.17, 15) is 9.59 Å². The Bertz CT molecular complexity index is 670. The van der Waals surface area contributed by atoms with Gasteiger partial charge in [0.05, 0.1) is 5.56 Å². The molecule has 3 amide bonds. The van der Waals surface area contributed by atoms with Crippen LogP contribution in [0, 0.1) is 0 Å². The van der Waals surface area contributed by atoms with Crippen molar-refractivity contribution in [3.63, 3.8) is 0 Å². The van der Waals surface area contributed by atoms with Gasteiger partial charge in [-0.25, -0.2) is 4.79 Å². The topological polar surface area (TPSA) is 68.4 Å². The smallest absolute Gasteiger partial charge is 0.317 e. The first-order valence-electron chi connectivity index (χ1n) is 8.23. The summed E-state index contributed by atoms with van der Waals surface area (Å²) in [5.74, 6) is 0.0165. The summed E-state index contributed by atoms with van der Waals surface area (Å²) in [5.41, 5.74) is 1.74. The Morgan fingerprint density at radius 3 is 2.50 bits per heavy atom. The molecule has 0 bridgehead atoms. The molecule has 0 unspecified atom stereocenters. The first-order valence-corrected chi connectivity index (χ1v) is 8.23. The number of hydrogen-bond donors (Lipinski definition) is 2. The van der Waals surface area contributed by atoms with Gasteiger partial charge in [-0.3, -0.25) is 4.79 Å². The lowest BCUT2D eigenvalue weighted by atomic mass is 10.2. The van der Waals surface area contributed by atoms with Gasteiger partial charge >= 0.3 is 6.03 Å². The zero-order valence-electron chi connectivity index (χ0n) is 13.6. The Kier molecular flexibility index (Phi) is 5.15. The maximum atomic E-state index is 12.4. The second kappa shape index (κ2) is 7.68. The number of carbonyl (C=O) groups is 2. The quantitative estimate of drug-likeness (QED) is 0.907. The van der Waals surface area contributed by atoms with Crippen LogP contribution in [0.3, 0.4) is 0 Å². The van der Waals surface area contributed by atoms with Gasteiger partial charge in [-0.1, -0.05) is 30.3 Å². The Labute approximate surface area is 141 Å². The molecule has 1 aliphatic rings. The van der Waals surface area contributed by atoms with Gasteiger partial charge in [-0.05, 0) is 18.1 Å². The summed E-state index contributed by atoms with van der Waals surface area (Å²) in [5, 5.41) is 2.95. The highest BCUT2D eigenvalue weighted by molar-refractivity contribution is 5.94.